The maximum atomic E-state index is 13.8. The average Bonchev–Trinajstić information content (AvgIpc) is 3.38. The van der Waals surface area contributed by atoms with Crippen LogP contribution in [0, 0.1) is 5.82 Å². The second kappa shape index (κ2) is 11.0. The van der Waals surface area contributed by atoms with E-state index in [-0.39, 0.29) is 24.1 Å². The zero-order chi connectivity index (χ0) is 28.5. The Kier molecular flexibility index (Phi) is 7.59. The number of esters is 1. The van der Waals surface area contributed by atoms with Crippen molar-refractivity contribution in [3.05, 3.63) is 94.8 Å². The Bertz CT molecular complexity index is 1430. The highest BCUT2D eigenvalue weighted by Gasteiger charge is 2.56. The van der Waals surface area contributed by atoms with E-state index in [4.69, 9.17) is 14.2 Å². The maximum Gasteiger partial charge on any atom is 0.344 e. The number of amides is 1. The van der Waals surface area contributed by atoms with Gasteiger partial charge >= 0.3 is 5.97 Å². The van der Waals surface area contributed by atoms with E-state index in [0.717, 1.165) is 23.3 Å². The molecule has 0 radical (unpaired) electrons. The van der Waals surface area contributed by atoms with Crippen LogP contribution in [0.15, 0.2) is 66.7 Å². The Morgan fingerprint density at radius 2 is 1.73 bits per heavy atom. The Balaban J connectivity index is 1.35. The molecule has 40 heavy (non-hydrogen) atoms. The predicted octanol–water partition coefficient (Wildman–Crippen LogP) is 4.84. The van der Waals surface area contributed by atoms with E-state index in [9.17, 15) is 18.8 Å². The van der Waals surface area contributed by atoms with Gasteiger partial charge in [-0.05, 0) is 67.8 Å². The van der Waals surface area contributed by atoms with Gasteiger partial charge in [0.05, 0.1) is 12.4 Å². The molecule has 3 aromatic carbocycles. The number of halogens is 1. The predicted molar refractivity (Wildman–Crippen MR) is 149 cm³/mol. The molecule has 208 valence electrons. The van der Waals surface area contributed by atoms with Crippen molar-refractivity contribution in [2.45, 2.75) is 43.6 Å². The fourth-order valence-electron chi connectivity index (χ4n) is 4.88. The van der Waals surface area contributed by atoms with E-state index in [1.165, 1.54) is 23.9 Å². The number of benzene rings is 3. The van der Waals surface area contributed by atoms with E-state index in [2.05, 4.69) is 5.32 Å². The minimum absolute atomic E-state index is 0.0803. The van der Waals surface area contributed by atoms with Crippen LogP contribution >= 0.6 is 11.8 Å². The van der Waals surface area contributed by atoms with Gasteiger partial charge < -0.3 is 19.5 Å². The lowest BCUT2D eigenvalue weighted by Crippen LogP contribution is -2.69. The lowest BCUT2D eigenvalue weighted by molar-refractivity contribution is -0.157. The topological polar surface area (TPSA) is 90.9 Å². The Labute approximate surface area is 236 Å². The number of rotatable bonds is 9. The van der Waals surface area contributed by atoms with Crippen LogP contribution in [-0.2, 0) is 26.3 Å². The van der Waals surface area contributed by atoms with Crippen molar-refractivity contribution in [1.82, 2.24) is 5.32 Å². The molecule has 1 saturated heterocycles. The fraction of sp³-hybridized carbons (Fsp3) is 0.323. The van der Waals surface area contributed by atoms with E-state index in [1.54, 1.807) is 69.3 Å². The smallest absolute Gasteiger partial charge is 0.344 e. The summed E-state index contributed by atoms with van der Waals surface area (Å²) in [5.74, 6) is 0.0539. The molecular weight excluding hydrogens is 533 g/mol. The number of fused-ring (bicyclic) bond motifs is 1. The summed E-state index contributed by atoms with van der Waals surface area (Å²) in [6.07, 6.45) is 0.825. The molecule has 0 bridgehead atoms. The normalized spacial score (nSPS) is 19.6. The minimum atomic E-state index is -0.986. The molecule has 1 amide bonds. The van der Waals surface area contributed by atoms with Gasteiger partial charge in [-0.25, -0.2) is 9.18 Å². The van der Waals surface area contributed by atoms with Gasteiger partial charge in [0.15, 0.2) is 12.4 Å². The zero-order valence-corrected chi connectivity index (χ0v) is 23.3. The molecule has 2 aliphatic heterocycles. The fourth-order valence-corrected chi connectivity index (χ4v) is 6.16. The van der Waals surface area contributed by atoms with Crippen molar-refractivity contribution < 1.29 is 33.0 Å². The van der Waals surface area contributed by atoms with Gasteiger partial charge in [-0.3, -0.25) is 9.59 Å². The second-order valence-corrected chi connectivity index (χ2v) is 11.8. The molecule has 0 aliphatic carbocycles. The number of ether oxygens (including phenoxy) is 3. The summed E-state index contributed by atoms with van der Waals surface area (Å²) in [4.78, 5) is 38.0. The highest BCUT2D eigenvalue weighted by molar-refractivity contribution is 8.01. The summed E-state index contributed by atoms with van der Waals surface area (Å²) in [5.41, 5.74) is 1.44. The summed E-state index contributed by atoms with van der Waals surface area (Å²) in [5, 5.41) is 2.39. The molecule has 2 aliphatic rings. The van der Waals surface area contributed by atoms with Crippen LogP contribution in [0.2, 0.25) is 0 Å². The molecule has 7 nitrogen and oxygen atoms in total. The van der Waals surface area contributed by atoms with Crippen molar-refractivity contribution in [2.24, 2.45) is 0 Å². The zero-order valence-electron chi connectivity index (χ0n) is 22.5. The Morgan fingerprint density at radius 1 is 1.05 bits per heavy atom. The Morgan fingerprint density at radius 3 is 2.38 bits per heavy atom. The first-order valence-electron chi connectivity index (χ1n) is 13.0. The van der Waals surface area contributed by atoms with Crippen molar-refractivity contribution in [3.63, 3.8) is 0 Å². The van der Waals surface area contributed by atoms with Crippen LogP contribution < -0.4 is 14.8 Å². The van der Waals surface area contributed by atoms with E-state index in [1.807, 2.05) is 6.07 Å². The number of hydrogen-bond donors (Lipinski definition) is 1. The SMILES string of the molecule is CC(C)(C)OC(=O)COc1ccc([C@]2(c3ccc(F)cc3)NC(=O)[C@@H]2SCC(=O)c2ccc3c(c2)OCC3)cc1. The molecule has 2 atom stereocenters. The van der Waals surface area contributed by atoms with Crippen molar-refractivity contribution >= 4 is 29.4 Å². The number of thioether (sulfide) groups is 1. The highest BCUT2D eigenvalue weighted by Crippen LogP contribution is 2.46. The largest absolute Gasteiger partial charge is 0.493 e. The van der Waals surface area contributed by atoms with Gasteiger partial charge in [0.1, 0.15) is 33.7 Å². The Hall–Kier alpha value is -3.85. The van der Waals surface area contributed by atoms with Crippen molar-refractivity contribution in [3.8, 4) is 11.5 Å². The lowest BCUT2D eigenvalue weighted by Gasteiger charge is -2.49. The molecule has 0 saturated carbocycles. The molecule has 0 spiro atoms. The number of hydrogen-bond acceptors (Lipinski definition) is 7. The number of carbonyl (C=O) groups is 3. The third kappa shape index (κ3) is 5.70. The third-order valence-electron chi connectivity index (χ3n) is 6.74. The number of nitrogens with one attached hydrogen (secondary N) is 1. The van der Waals surface area contributed by atoms with Gasteiger partial charge in [-0.2, -0.15) is 0 Å². The second-order valence-electron chi connectivity index (χ2n) is 10.7. The average molecular weight is 564 g/mol. The molecule has 2 heterocycles. The standard InChI is InChI=1S/C31H30FNO6S/c1-30(2,3)39-27(35)17-38-24-12-8-22(9-13-24)31(21-6-10-23(32)11-7-21)28(29(36)33-31)40-18-25(34)20-5-4-19-14-15-37-26(19)16-20/h4-13,16,28H,14-15,17-18H2,1-3H3,(H,33,36)/t28-,31-/m0/s1. The molecule has 1 N–H and O–H groups in total. The number of carbonyl (C=O) groups excluding carboxylic acids is 3. The van der Waals surface area contributed by atoms with E-state index < -0.39 is 28.2 Å². The minimum Gasteiger partial charge on any atom is -0.493 e. The van der Waals surface area contributed by atoms with Crippen molar-refractivity contribution in [2.75, 3.05) is 19.0 Å². The van der Waals surface area contributed by atoms with Gasteiger partial charge in [0.2, 0.25) is 5.91 Å². The van der Waals surface area contributed by atoms with E-state index >= 15 is 0 Å². The lowest BCUT2D eigenvalue weighted by atomic mass is 9.74. The molecule has 1 fully saturated rings. The summed E-state index contributed by atoms with van der Waals surface area (Å²) in [6.45, 7) is 5.71. The first-order valence-corrected chi connectivity index (χ1v) is 14.0. The molecule has 0 aromatic heterocycles. The summed E-state index contributed by atoms with van der Waals surface area (Å²) in [7, 11) is 0. The molecule has 5 rings (SSSR count). The van der Waals surface area contributed by atoms with Crippen LogP contribution in [0.25, 0.3) is 0 Å². The quantitative estimate of drug-likeness (QED) is 0.226. The molecule has 3 aromatic rings. The number of Topliss-reactive ketones (excluding diaryl/α,β-unsaturated/α-hetero) is 1. The monoisotopic (exact) mass is 563 g/mol. The highest BCUT2D eigenvalue weighted by atomic mass is 32.2. The molecular formula is C31H30FNO6S. The maximum absolute atomic E-state index is 13.8. The van der Waals surface area contributed by atoms with Crippen LogP contribution in [0.5, 0.6) is 11.5 Å². The van der Waals surface area contributed by atoms with Crippen LogP contribution in [0.4, 0.5) is 4.39 Å². The van der Waals surface area contributed by atoms with Crippen LogP contribution in [0.1, 0.15) is 47.8 Å². The van der Waals surface area contributed by atoms with Gasteiger partial charge in [0, 0.05) is 12.0 Å². The number of β-lactam (4-membered cyclic amide) rings is 1. The summed E-state index contributed by atoms with van der Waals surface area (Å²) in [6, 6.07) is 18.4. The third-order valence-corrected chi connectivity index (χ3v) is 8.07. The van der Waals surface area contributed by atoms with Gasteiger partial charge in [-0.15, -0.1) is 11.8 Å². The van der Waals surface area contributed by atoms with Gasteiger partial charge in [0.25, 0.3) is 0 Å². The number of ketones is 1. The van der Waals surface area contributed by atoms with Crippen LogP contribution in [0.3, 0.4) is 0 Å². The molecule has 9 heteroatoms. The first kappa shape index (κ1) is 27.7. The summed E-state index contributed by atoms with van der Waals surface area (Å²) < 4.78 is 30.3. The van der Waals surface area contributed by atoms with Crippen molar-refractivity contribution in [1.29, 1.82) is 0 Å². The van der Waals surface area contributed by atoms with E-state index in [0.29, 0.717) is 23.5 Å². The molecule has 0 unspecified atom stereocenters. The first-order chi connectivity index (χ1) is 19.0. The van der Waals surface area contributed by atoms with Gasteiger partial charge in [-0.1, -0.05) is 36.4 Å². The van der Waals surface area contributed by atoms with Crippen LogP contribution in [-0.4, -0.2) is 47.5 Å². The summed E-state index contributed by atoms with van der Waals surface area (Å²) >= 11 is 1.24.